The van der Waals surface area contributed by atoms with E-state index in [0.29, 0.717) is 6.54 Å². The van der Waals surface area contributed by atoms with Crippen LogP contribution in [0.25, 0.3) is 0 Å². The van der Waals surface area contributed by atoms with Gasteiger partial charge in [0.1, 0.15) is 0 Å². The standard InChI is InChI=1S/C27H31N3O/c1-22-12-14-25(15-13-22)28-27(31)30(21-24-10-6-3-7-11-24)26-16-18-29(19-17-26)20-23-8-4-2-5-9-23/h2-15,26H,16-21H2,1H3,(H,28,31). The smallest absolute Gasteiger partial charge is 0.317 e. The van der Waals surface area contributed by atoms with Crippen LogP contribution in [-0.2, 0) is 13.1 Å². The Morgan fingerprint density at radius 3 is 2.06 bits per heavy atom. The topological polar surface area (TPSA) is 35.6 Å². The molecule has 0 atom stereocenters. The number of rotatable bonds is 6. The van der Waals surface area contributed by atoms with Gasteiger partial charge in [-0.05, 0) is 43.0 Å². The molecule has 1 fully saturated rings. The normalized spacial score (nSPS) is 14.9. The van der Waals surface area contributed by atoms with E-state index in [-0.39, 0.29) is 12.1 Å². The van der Waals surface area contributed by atoms with Gasteiger partial charge in [-0.1, -0.05) is 78.4 Å². The van der Waals surface area contributed by atoms with Crippen LogP contribution < -0.4 is 5.32 Å². The minimum atomic E-state index is -0.0192. The predicted octanol–water partition coefficient (Wildman–Crippen LogP) is 5.69. The summed E-state index contributed by atoms with van der Waals surface area (Å²) in [5.74, 6) is 0. The van der Waals surface area contributed by atoms with Crippen molar-refractivity contribution in [3.05, 3.63) is 102 Å². The molecule has 4 rings (SSSR count). The third kappa shape index (κ3) is 5.96. The highest BCUT2D eigenvalue weighted by molar-refractivity contribution is 5.89. The summed E-state index contributed by atoms with van der Waals surface area (Å²) in [6.45, 7) is 5.66. The van der Waals surface area contributed by atoms with Gasteiger partial charge in [0.2, 0.25) is 0 Å². The molecule has 1 aliphatic heterocycles. The van der Waals surface area contributed by atoms with Crippen LogP contribution in [0.5, 0.6) is 0 Å². The number of nitrogens with one attached hydrogen (secondary N) is 1. The first kappa shape index (κ1) is 21.1. The number of nitrogens with zero attached hydrogens (tertiary/aromatic N) is 2. The van der Waals surface area contributed by atoms with Crippen molar-refractivity contribution >= 4 is 11.7 Å². The maximum Gasteiger partial charge on any atom is 0.322 e. The van der Waals surface area contributed by atoms with Crippen molar-refractivity contribution in [2.75, 3.05) is 18.4 Å². The number of hydrogen-bond donors (Lipinski definition) is 1. The molecule has 4 nitrogen and oxygen atoms in total. The Balaban J connectivity index is 1.42. The summed E-state index contributed by atoms with van der Waals surface area (Å²) in [7, 11) is 0. The molecule has 31 heavy (non-hydrogen) atoms. The summed E-state index contributed by atoms with van der Waals surface area (Å²) in [6.07, 6.45) is 1.97. The average molecular weight is 414 g/mol. The molecule has 4 heteroatoms. The zero-order valence-electron chi connectivity index (χ0n) is 18.2. The molecule has 1 heterocycles. The van der Waals surface area contributed by atoms with E-state index in [1.54, 1.807) is 0 Å². The van der Waals surface area contributed by atoms with Crippen LogP contribution >= 0.6 is 0 Å². The lowest BCUT2D eigenvalue weighted by atomic mass is 10.0. The Morgan fingerprint density at radius 1 is 0.871 bits per heavy atom. The summed E-state index contributed by atoms with van der Waals surface area (Å²) in [6, 6.07) is 29.1. The van der Waals surface area contributed by atoms with Gasteiger partial charge in [-0.3, -0.25) is 4.90 Å². The Bertz CT molecular complexity index is 949. The Labute approximate surface area is 185 Å². The Hall–Kier alpha value is -3.11. The molecule has 1 saturated heterocycles. The highest BCUT2D eigenvalue weighted by Gasteiger charge is 2.28. The van der Waals surface area contributed by atoms with E-state index < -0.39 is 0 Å². The molecule has 0 aliphatic carbocycles. The van der Waals surface area contributed by atoms with Gasteiger partial charge in [0, 0.05) is 37.9 Å². The molecule has 0 bridgehead atoms. The van der Waals surface area contributed by atoms with Crippen molar-refractivity contribution in [3.63, 3.8) is 0 Å². The van der Waals surface area contributed by atoms with E-state index in [0.717, 1.165) is 43.7 Å². The number of urea groups is 1. The summed E-state index contributed by atoms with van der Waals surface area (Å²) < 4.78 is 0. The Kier molecular flexibility index (Phi) is 7.00. The number of piperidine rings is 1. The second kappa shape index (κ2) is 10.3. The van der Waals surface area contributed by atoms with Crippen LogP contribution in [0.4, 0.5) is 10.5 Å². The highest BCUT2D eigenvalue weighted by atomic mass is 16.2. The van der Waals surface area contributed by atoms with Crippen LogP contribution in [0, 0.1) is 6.92 Å². The minimum Gasteiger partial charge on any atom is -0.317 e. The van der Waals surface area contributed by atoms with E-state index in [2.05, 4.69) is 59.6 Å². The van der Waals surface area contributed by atoms with Gasteiger partial charge in [0.25, 0.3) is 0 Å². The van der Waals surface area contributed by atoms with Crippen molar-refractivity contribution < 1.29 is 4.79 Å². The molecule has 0 spiro atoms. The van der Waals surface area contributed by atoms with Gasteiger partial charge in [-0.2, -0.15) is 0 Å². The molecular formula is C27H31N3O. The predicted molar refractivity (Wildman–Crippen MR) is 127 cm³/mol. The van der Waals surface area contributed by atoms with Crippen LogP contribution in [0.2, 0.25) is 0 Å². The third-order valence-corrected chi connectivity index (χ3v) is 6.01. The van der Waals surface area contributed by atoms with Crippen molar-refractivity contribution in [2.45, 2.75) is 38.9 Å². The first-order valence-corrected chi connectivity index (χ1v) is 11.1. The third-order valence-electron chi connectivity index (χ3n) is 6.01. The number of carbonyl (C=O) groups is 1. The molecule has 160 valence electrons. The lowest BCUT2D eigenvalue weighted by Gasteiger charge is -2.38. The van der Waals surface area contributed by atoms with Gasteiger partial charge < -0.3 is 10.2 Å². The second-order valence-electron chi connectivity index (χ2n) is 8.40. The number of likely N-dealkylation sites (tertiary alicyclic amines) is 1. The van der Waals surface area contributed by atoms with Gasteiger partial charge >= 0.3 is 6.03 Å². The maximum atomic E-state index is 13.3. The first-order valence-electron chi connectivity index (χ1n) is 11.1. The molecular weight excluding hydrogens is 382 g/mol. The van der Waals surface area contributed by atoms with Gasteiger partial charge in [0.05, 0.1) is 0 Å². The monoisotopic (exact) mass is 413 g/mol. The van der Waals surface area contributed by atoms with Crippen LogP contribution in [-0.4, -0.2) is 35.0 Å². The molecule has 3 aromatic rings. The van der Waals surface area contributed by atoms with Crippen LogP contribution in [0.1, 0.15) is 29.5 Å². The zero-order valence-corrected chi connectivity index (χ0v) is 18.2. The molecule has 1 aliphatic rings. The molecule has 3 aromatic carbocycles. The first-order chi connectivity index (χ1) is 15.2. The fourth-order valence-electron chi connectivity index (χ4n) is 4.21. The number of amides is 2. The van der Waals surface area contributed by atoms with E-state index in [4.69, 9.17) is 0 Å². The van der Waals surface area contributed by atoms with Gasteiger partial charge in [-0.15, -0.1) is 0 Å². The van der Waals surface area contributed by atoms with Crippen molar-refractivity contribution in [1.29, 1.82) is 0 Å². The van der Waals surface area contributed by atoms with Crippen molar-refractivity contribution in [2.24, 2.45) is 0 Å². The summed E-state index contributed by atoms with van der Waals surface area (Å²) in [5.41, 5.74) is 4.53. The molecule has 0 radical (unpaired) electrons. The van der Waals surface area contributed by atoms with E-state index in [1.807, 2.05) is 47.4 Å². The fourth-order valence-corrected chi connectivity index (χ4v) is 4.21. The minimum absolute atomic E-state index is 0.0192. The maximum absolute atomic E-state index is 13.3. The number of hydrogen-bond acceptors (Lipinski definition) is 2. The quantitative estimate of drug-likeness (QED) is 0.563. The van der Waals surface area contributed by atoms with Gasteiger partial charge in [-0.25, -0.2) is 4.79 Å². The van der Waals surface area contributed by atoms with Crippen molar-refractivity contribution in [1.82, 2.24) is 9.80 Å². The molecule has 0 saturated carbocycles. The fraction of sp³-hybridized carbons (Fsp3) is 0.296. The van der Waals surface area contributed by atoms with E-state index in [1.165, 1.54) is 11.1 Å². The number of aryl methyl sites for hydroxylation is 1. The van der Waals surface area contributed by atoms with Gasteiger partial charge in [0.15, 0.2) is 0 Å². The SMILES string of the molecule is Cc1ccc(NC(=O)N(Cc2ccccc2)C2CCN(Cc3ccccc3)CC2)cc1. The van der Waals surface area contributed by atoms with Crippen molar-refractivity contribution in [3.8, 4) is 0 Å². The summed E-state index contributed by atoms with van der Waals surface area (Å²) in [5, 5.41) is 3.11. The van der Waals surface area contributed by atoms with E-state index >= 15 is 0 Å². The lowest BCUT2D eigenvalue weighted by molar-refractivity contribution is 0.120. The lowest BCUT2D eigenvalue weighted by Crippen LogP contribution is -2.48. The Morgan fingerprint density at radius 2 is 1.45 bits per heavy atom. The molecule has 0 aromatic heterocycles. The summed E-state index contributed by atoms with van der Waals surface area (Å²) >= 11 is 0. The molecule has 1 N–H and O–H groups in total. The van der Waals surface area contributed by atoms with Crippen LogP contribution in [0.3, 0.4) is 0 Å². The number of anilines is 1. The summed E-state index contributed by atoms with van der Waals surface area (Å²) in [4.78, 5) is 17.8. The van der Waals surface area contributed by atoms with Crippen LogP contribution in [0.15, 0.2) is 84.9 Å². The number of carbonyl (C=O) groups excluding carboxylic acids is 1. The van der Waals surface area contributed by atoms with E-state index in [9.17, 15) is 4.79 Å². The highest BCUT2D eigenvalue weighted by Crippen LogP contribution is 2.22. The number of benzene rings is 3. The average Bonchev–Trinajstić information content (AvgIpc) is 2.81. The second-order valence-corrected chi connectivity index (χ2v) is 8.40. The molecule has 0 unspecified atom stereocenters. The molecule has 2 amide bonds. The zero-order chi connectivity index (χ0) is 21.5. The largest absolute Gasteiger partial charge is 0.322 e.